The molecule has 1 heterocycles. The molecule has 1 N–H and O–H groups in total. The minimum absolute atomic E-state index is 0.0169. The summed E-state index contributed by atoms with van der Waals surface area (Å²) in [4.78, 5) is 23.8. The molecule has 28 heavy (non-hydrogen) atoms. The van der Waals surface area contributed by atoms with Crippen LogP contribution in [-0.4, -0.2) is 17.8 Å². The van der Waals surface area contributed by atoms with Crippen molar-refractivity contribution >= 4 is 39.3 Å². The molecule has 0 aliphatic heterocycles. The summed E-state index contributed by atoms with van der Waals surface area (Å²) in [6.45, 7) is 3.19. The van der Waals surface area contributed by atoms with Crippen molar-refractivity contribution in [2.75, 3.05) is 5.32 Å². The lowest BCUT2D eigenvalue weighted by Crippen LogP contribution is -2.30. The molecule has 0 fully saturated rings. The van der Waals surface area contributed by atoms with Crippen LogP contribution in [0.3, 0.4) is 0 Å². The lowest BCUT2D eigenvalue weighted by molar-refractivity contribution is -0.122. The SMILES string of the molecule is CC(=O)c1ccc(NC(=O)[C@@H](C)Oc2ccc3oc4ccccc4c3c2)cc1. The Balaban J connectivity index is 1.49. The van der Waals surface area contributed by atoms with Crippen molar-refractivity contribution in [1.82, 2.24) is 0 Å². The molecule has 3 aromatic carbocycles. The molecule has 0 saturated heterocycles. The normalized spacial score (nSPS) is 12.1. The Kier molecular flexibility index (Phi) is 4.57. The summed E-state index contributed by atoms with van der Waals surface area (Å²) in [6.07, 6.45) is -0.692. The molecule has 0 radical (unpaired) electrons. The number of furan rings is 1. The van der Waals surface area contributed by atoms with E-state index >= 15 is 0 Å². The number of benzene rings is 3. The van der Waals surface area contributed by atoms with E-state index in [0.717, 1.165) is 21.9 Å². The van der Waals surface area contributed by atoms with E-state index in [-0.39, 0.29) is 11.7 Å². The number of ether oxygens (including phenoxy) is 1. The zero-order valence-corrected chi connectivity index (χ0v) is 15.6. The second kappa shape index (κ2) is 7.19. The van der Waals surface area contributed by atoms with Crippen LogP contribution >= 0.6 is 0 Å². The van der Waals surface area contributed by atoms with E-state index in [1.165, 1.54) is 6.92 Å². The molecule has 5 heteroatoms. The molecular weight excluding hydrogens is 354 g/mol. The van der Waals surface area contributed by atoms with Crippen molar-refractivity contribution in [2.45, 2.75) is 20.0 Å². The van der Waals surface area contributed by atoms with Gasteiger partial charge in [-0.25, -0.2) is 0 Å². The number of anilines is 1. The number of hydrogen-bond donors (Lipinski definition) is 1. The Labute approximate surface area is 161 Å². The molecule has 5 nitrogen and oxygen atoms in total. The summed E-state index contributed by atoms with van der Waals surface area (Å²) in [5.41, 5.74) is 2.80. The van der Waals surface area contributed by atoms with Crippen LogP contribution < -0.4 is 10.1 Å². The van der Waals surface area contributed by atoms with E-state index in [2.05, 4.69) is 5.32 Å². The zero-order chi connectivity index (χ0) is 19.7. The number of amides is 1. The van der Waals surface area contributed by atoms with Gasteiger partial charge in [0.05, 0.1) is 0 Å². The highest BCUT2D eigenvalue weighted by atomic mass is 16.5. The number of nitrogens with one attached hydrogen (secondary N) is 1. The molecule has 0 bridgehead atoms. The molecule has 0 unspecified atom stereocenters. The molecular formula is C23H19NO4. The van der Waals surface area contributed by atoms with Gasteiger partial charge in [0.25, 0.3) is 5.91 Å². The molecule has 1 amide bonds. The van der Waals surface area contributed by atoms with E-state index in [9.17, 15) is 9.59 Å². The zero-order valence-electron chi connectivity index (χ0n) is 15.6. The van der Waals surface area contributed by atoms with Gasteiger partial charge in [-0.1, -0.05) is 18.2 Å². The van der Waals surface area contributed by atoms with Gasteiger partial charge >= 0.3 is 0 Å². The second-order valence-corrected chi connectivity index (χ2v) is 6.64. The van der Waals surface area contributed by atoms with Gasteiger partial charge in [0.15, 0.2) is 11.9 Å². The Morgan fingerprint density at radius 2 is 1.64 bits per heavy atom. The summed E-state index contributed by atoms with van der Waals surface area (Å²) in [7, 11) is 0. The summed E-state index contributed by atoms with van der Waals surface area (Å²) < 4.78 is 11.6. The van der Waals surface area contributed by atoms with E-state index in [4.69, 9.17) is 9.15 Å². The number of para-hydroxylation sites is 1. The summed E-state index contributed by atoms with van der Waals surface area (Å²) in [5, 5.41) is 4.75. The quantitative estimate of drug-likeness (QED) is 0.489. The van der Waals surface area contributed by atoms with Crippen LogP contribution in [0, 0.1) is 0 Å². The molecule has 1 atom stereocenters. The van der Waals surface area contributed by atoms with Gasteiger partial charge in [-0.2, -0.15) is 0 Å². The number of fused-ring (bicyclic) bond motifs is 3. The van der Waals surface area contributed by atoms with Crippen LogP contribution in [0.1, 0.15) is 24.2 Å². The molecule has 0 aliphatic rings. The lowest BCUT2D eigenvalue weighted by Gasteiger charge is -2.15. The monoisotopic (exact) mass is 373 g/mol. The van der Waals surface area contributed by atoms with Gasteiger partial charge in [-0.15, -0.1) is 0 Å². The molecule has 140 valence electrons. The van der Waals surface area contributed by atoms with Crippen LogP contribution in [0.2, 0.25) is 0 Å². The third kappa shape index (κ3) is 3.47. The predicted octanol–water partition coefficient (Wildman–Crippen LogP) is 5.19. The Hall–Kier alpha value is -3.60. The number of ketones is 1. The second-order valence-electron chi connectivity index (χ2n) is 6.64. The van der Waals surface area contributed by atoms with Gasteiger partial charge < -0.3 is 14.5 Å². The Morgan fingerprint density at radius 3 is 2.39 bits per heavy atom. The van der Waals surface area contributed by atoms with Crippen molar-refractivity contribution in [1.29, 1.82) is 0 Å². The largest absolute Gasteiger partial charge is 0.481 e. The smallest absolute Gasteiger partial charge is 0.265 e. The maximum Gasteiger partial charge on any atom is 0.265 e. The first-order valence-electron chi connectivity index (χ1n) is 9.01. The predicted molar refractivity (Wildman–Crippen MR) is 109 cm³/mol. The van der Waals surface area contributed by atoms with Crippen molar-refractivity contribution in [3.8, 4) is 5.75 Å². The van der Waals surface area contributed by atoms with Crippen LogP contribution in [0.25, 0.3) is 21.9 Å². The maximum absolute atomic E-state index is 12.4. The number of carbonyl (C=O) groups excluding carboxylic acids is 2. The van der Waals surface area contributed by atoms with Gasteiger partial charge in [0.2, 0.25) is 0 Å². The lowest BCUT2D eigenvalue weighted by atomic mass is 10.1. The molecule has 0 saturated carbocycles. The van der Waals surface area contributed by atoms with Crippen LogP contribution in [-0.2, 0) is 4.79 Å². The van der Waals surface area contributed by atoms with Gasteiger partial charge in [0, 0.05) is 22.0 Å². The van der Waals surface area contributed by atoms with E-state index < -0.39 is 6.10 Å². The summed E-state index contributed by atoms with van der Waals surface area (Å²) >= 11 is 0. The van der Waals surface area contributed by atoms with E-state index in [1.54, 1.807) is 37.3 Å². The first kappa shape index (κ1) is 17.8. The Morgan fingerprint density at radius 1 is 0.929 bits per heavy atom. The first-order chi connectivity index (χ1) is 13.5. The standard InChI is InChI=1S/C23H19NO4/c1-14(25)16-7-9-17(10-8-16)24-23(26)15(2)27-18-11-12-22-20(13-18)19-5-3-4-6-21(19)28-22/h3-13,15H,1-2H3,(H,24,26)/t15-/m1/s1. The average Bonchev–Trinajstić information content (AvgIpc) is 3.06. The third-order valence-electron chi connectivity index (χ3n) is 4.59. The van der Waals surface area contributed by atoms with Gasteiger partial charge in [-0.05, 0) is 62.4 Å². The topological polar surface area (TPSA) is 68.5 Å². The van der Waals surface area contributed by atoms with E-state index in [1.807, 2.05) is 36.4 Å². The van der Waals surface area contributed by atoms with E-state index in [0.29, 0.717) is 17.0 Å². The summed E-state index contributed by atoms with van der Waals surface area (Å²) in [6, 6.07) is 20.1. The Bertz CT molecular complexity index is 1170. The molecule has 4 rings (SSSR count). The summed E-state index contributed by atoms with van der Waals surface area (Å²) in [5.74, 6) is 0.304. The number of carbonyl (C=O) groups is 2. The molecule has 1 aromatic heterocycles. The van der Waals surface area contributed by atoms with Crippen molar-refractivity contribution < 1.29 is 18.7 Å². The number of Topliss-reactive ketones (excluding diaryl/α,β-unsaturated/α-hetero) is 1. The fourth-order valence-corrected chi connectivity index (χ4v) is 3.07. The van der Waals surface area contributed by atoms with Crippen LogP contribution in [0.5, 0.6) is 5.75 Å². The minimum atomic E-state index is -0.692. The molecule has 0 aliphatic carbocycles. The highest BCUT2D eigenvalue weighted by Gasteiger charge is 2.16. The van der Waals surface area contributed by atoms with Crippen molar-refractivity contribution in [3.63, 3.8) is 0 Å². The average molecular weight is 373 g/mol. The molecule has 4 aromatic rings. The van der Waals surface area contributed by atoms with Crippen molar-refractivity contribution in [3.05, 3.63) is 72.3 Å². The number of rotatable bonds is 5. The third-order valence-corrected chi connectivity index (χ3v) is 4.59. The maximum atomic E-state index is 12.4. The van der Waals surface area contributed by atoms with Crippen LogP contribution in [0.4, 0.5) is 5.69 Å². The first-order valence-corrected chi connectivity index (χ1v) is 9.01. The molecule has 0 spiro atoms. The highest BCUT2D eigenvalue weighted by molar-refractivity contribution is 6.05. The highest BCUT2D eigenvalue weighted by Crippen LogP contribution is 2.31. The fourth-order valence-electron chi connectivity index (χ4n) is 3.07. The number of hydrogen-bond acceptors (Lipinski definition) is 4. The van der Waals surface area contributed by atoms with Crippen LogP contribution in [0.15, 0.2) is 71.1 Å². The van der Waals surface area contributed by atoms with Gasteiger partial charge in [0.1, 0.15) is 16.9 Å². The fraction of sp³-hybridized carbons (Fsp3) is 0.130. The van der Waals surface area contributed by atoms with Crippen molar-refractivity contribution in [2.24, 2.45) is 0 Å². The minimum Gasteiger partial charge on any atom is -0.481 e. The van der Waals surface area contributed by atoms with Gasteiger partial charge in [-0.3, -0.25) is 9.59 Å².